The van der Waals surface area contributed by atoms with E-state index in [-0.39, 0.29) is 17.5 Å². The fraction of sp³-hybridized carbons (Fsp3) is 0.500. The predicted molar refractivity (Wildman–Crippen MR) is 87.1 cm³/mol. The number of hydrogen-bond donors (Lipinski definition) is 4. The molecule has 140 valence electrons. The quantitative estimate of drug-likeness (QED) is 0.611. The molecule has 1 heterocycles. The summed E-state index contributed by atoms with van der Waals surface area (Å²) >= 11 is 0. The fourth-order valence-electron chi connectivity index (χ4n) is 3.97. The van der Waals surface area contributed by atoms with Gasteiger partial charge in [-0.05, 0) is 12.5 Å². The SMILES string of the molecule is CCC[C@H]1O[C@H](CC(=O)O)C[C@]2(O)C(=O)c3cccc(O)c3C(=O)[C@@]12O. The molecule has 0 bridgehead atoms. The van der Waals surface area contributed by atoms with E-state index >= 15 is 0 Å². The zero-order valence-electron chi connectivity index (χ0n) is 14.1. The number of rotatable bonds is 4. The summed E-state index contributed by atoms with van der Waals surface area (Å²) in [5, 5.41) is 41.4. The largest absolute Gasteiger partial charge is 0.507 e. The second kappa shape index (κ2) is 6.15. The Kier molecular flexibility index (Phi) is 4.38. The molecule has 0 aromatic heterocycles. The Hall–Kier alpha value is -2.29. The summed E-state index contributed by atoms with van der Waals surface area (Å²) in [5.41, 5.74) is -5.68. The number of aromatic hydroxyl groups is 1. The first-order chi connectivity index (χ1) is 12.2. The molecule has 1 fully saturated rings. The van der Waals surface area contributed by atoms with Crippen LogP contribution in [-0.4, -0.2) is 61.4 Å². The van der Waals surface area contributed by atoms with E-state index in [2.05, 4.69) is 0 Å². The number of carboxylic acids is 1. The van der Waals surface area contributed by atoms with Crippen molar-refractivity contribution in [3.05, 3.63) is 29.3 Å². The van der Waals surface area contributed by atoms with Crippen LogP contribution in [0, 0.1) is 0 Å². The first-order valence-corrected chi connectivity index (χ1v) is 8.40. The van der Waals surface area contributed by atoms with Crippen molar-refractivity contribution in [2.75, 3.05) is 0 Å². The van der Waals surface area contributed by atoms with Crippen LogP contribution in [0.25, 0.3) is 0 Å². The van der Waals surface area contributed by atoms with Crippen LogP contribution in [0.1, 0.15) is 53.3 Å². The van der Waals surface area contributed by atoms with E-state index in [4.69, 9.17) is 9.84 Å². The van der Waals surface area contributed by atoms with E-state index in [9.17, 15) is 29.7 Å². The number of hydrogen-bond acceptors (Lipinski definition) is 7. The number of phenolic OH excluding ortho intramolecular Hbond substituents is 1. The van der Waals surface area contributed by atoms with Crippen LogP contribution in [0.4, 0.5) is 0 Å². The molecule has 0 saturated carbocycles. The minimum atomic E-state index is -2.60. The monoisotopic (exact) mass is 364 g/mol. The van der Waals surface area contributed by atoms with Crippen LogP contribution in [0.2, 0.25) is 0 Å². The lowest BCUT2D eigenvalue weighted by Crippen LogP contribution is -2.75. The molecule has 1 aliphatic heterocycles. The molecule has 1 aliphatic carbocycles. The van der Waals surface area contributed by atoms with Gasteiger partial charge in [-0.1, -0.05) is 25.5 Å². The molecule has 3 rings (SSSR count). The van der Waals surface area contributed by atoms with Crippen LogP contribution in [-0.2, 0) is 9.53 Å². The summed E-state index contributed by atoms with van der Waals surface area (Å²) in [5.74, 6) is -3.59. The lowest BCUT2D eigenvalue weighted by atomic mass is 9.60. The van der Waals surface area contributed by atoms with Gasteiger partial charge in [0, 0.05) is 12.0 Å². The molecule has 4 N–H and O–H groups in total. The van der Waals surface area contributed by atoms with Gasteiger partial charge in [-0.25, -0.2) is 0 Å². The lowest BCUT2D eigenvalue weighted by Gasteiger charge is -2.53. The van der Waals surface area contributed by atoms with Crippen molar-refractivity contribution in [2.45, 2.75) is 56.0 Å². The maximum atomic E-state index is 13.0. The molecule has 0 spiro atoms. The minimum absolute atomic E-state index is 0.122. The number of aliphatic hydroxyl groups is 2. The second-order valence-corrected chi connectivity index (χ2v) is 6.82. The smallest absolute Gasteiger partial charge is 0.305 e. The second-order valence-electron chi connectivity index (χ2n) is 6.82. The van der Waals surface area contributed by atoms with Gasteiger partial charge >= 0.3 is 5.97 Å². The Bertz CT molecular complexity index is 787. The van der Waals surface area contributed by atoms with Gasteiger partial charge < -0.3 is 25.2 Å². The molecule has 4 atom stereocenters. The van der Waals surface area contributed by atoms with Crippen molar-refractivity contribution >= 4 is 17.5 Å². The standard InChI is InChI=1S/C18H20O8/c1-2-4-12-18(25)16(23)14-10(5-3-6-11(14)19)15(22)17(18,24)8-9(26-12)7-13(20)21/h3,5-6,9,12,19,24-25H,2,4,7-8H2,1H3,(H,20,21)/t9-,12-,17+,18+/m1/s1. The number of phenols is 1. The molecule has 8 nitrogen and oxygen atoms in total. The highest BCUT2D eigenvalue weighted by Crippen LogP contribution is 2.49. The molecule has 1 aromatic rings. The maximum Gasteiger partial charge on any atom is 0.305 e. The summed E-state index contributed by atoms with van der Waals surface area (Å²) in [6.45, 7) is 1.76. The average molecular weight is 364 g/mol. The zero-order chi connectivity index (χ0) is 19.3. The molecule has 0 amide bonds. The number of benzene rings is 1. The first kappa shape index (κ1) is 18.5. The lowest BCUT2D eigenvalue weighted by molar-refractivity contribution is -0.235. The Morgan fingerprint density at radius 1 is 1.27 bits per heavy atom. The summed E-state index contributed by atoms with van der Waals surface area (Å²) < 4.78 is 5.60. The van der Waals surface area contributed by atoms with E-state index in [1.165, 1.54) is 18.2 Å². The van der Waals surface area contributed by atoms with E-state index in [1.54, 1.807) is 6.92 Å². The van der Waals surface area contributed by atoms with Crippen molar-refractivity contribution in [1.29, 1.82) is 0 Å². The van der Waals surface area contributed by atoms with Crippen molar-refractivity contribution < 1.29 is 39.5 Å². The number of ether oxygens (including phenoxy) is 1. The van der Waals surface area contributed by atoms with Gasteiger partial charge in [0.2, 0.25) is 5.78 Å². The van der Waals surface area contributed by atoms with Gasteiger partial charge in [0.05, 0.1) is 24.2 Å². The number of fused-ring (bicyclic) bond motifs is 2. The van der Waals surface area contributed by atoms with Gasteiger partial charge in [-0.15, -0.1) is 0 Å². The van der Waals surface area contributed by atoms with Crippen LogP contribution < -0.4 is 0 Å². The number of carboxylic acid groups (broad SMARTS) is 1. The molecular formula is C18H20O8. The summed E-state index contributed by atoms with van der Waals surface area (Å²) in [4.78, 5) is 37.1. The Morgan fingerprint density at radius 3 is 2.58 bits per heavy atom. The third kappa shape index (κ3) is 2.37. The van der Waals surface area contributed by atoms with E-state index in [0.717, 1.165) is 0 Å². The third-order valence-corrected chi connectivity index (χ3v) is 5.17. The van der Waals surface area contributed by atoms with Crippen molar-refractivity contribution in [2.24, 2.45) is 0 Å². The van der Waals surface area contributed by atoms with Gasteiger partial charge in [0.15, 0.2) is 17.0 Å². The Labute approximate surface area is 149 Å². The molecule has 0 radical (unpaired) electrons. The highest BCUT2D eigenvalue weighted by molar-refractivity contribution is 6.23. The van der Waals surface area contributed by atoms with Crippen molar-refractivity contribution in [3.8, 4) is 5.75 Å². The summed E-state index contributed by atoms with van der Waals surface area (Å²) in [6, 6.07) is 3.84. The number of Topliss-reactive ketones (excluding diaryl/α,β-unsaturated/α-hetero) is 2. The van der Waals surface area contributed by atoms with Gasteiger partial charge in [-0.3, -0.25) is 14.4 Å². The maximum absolute atomic E-state index is 13.0. The van der Waals surface area contributed by atoms with Gasteiger partial charge in [-0.2, -0.15) is 0 Å². The highest BCUT2D eigenvalue weighted by atomic mass is 16.5. The predicted octanol–water partition coefficient (Wildman–Crippen LogP) is 0.666. The average Bonchev–Trinajstić information content (AvgIpc) is 2.56. The van der Waals surface area contributed by atoms with Crippen LogP contribution in [0.5, 0.6) is 5.75 Å². The van der Waals surface area contributed by atoms with Crippen LogP contribution >= 0.6 is 0 Å². The van der Waals surface area contributed by atoms with E-state index < -0.39 is 59.5 Å². The number of ketones is 2. The summed E-state index contributed by atoms with van der Waals surface area (Å²) in [6.07, 6.45) is -2.75. The molecule has 26 heavy (non-hydrogen) atoms. The van der Waals surface area contributed by atoms with Crippen LogP contribution in [0.3, 0.4) is 0 Å². The Balaban J connectivity index is 2.19. The number of aliphatic carboxylic acids is 1. The molecule has 0 unspecified atom stereocenters. The summed E-state index contributed by atoms with van der Waals surface area (Å²) in [7, 11) is 0. The van der Waals surface area contributed by atoms with E-state index in [1.807, 2.05) is 0 Å². The Morgan fingerprint density at radius 2 is 1.96 bits per heavy atom. The van der Waals surface area contributed by atoms with Gasteiger partial charge in [0.1, 0.15) is 5.75 Å². The molecule has 1 aromatic carbocycles. The normalized spacial score (nSPS) is 33.5. The van der Waals surface area contributed by atoms with Crippen LogP contribution in [0.15, 0.2) is 18.2 Å². The number of carbonyl (C=O) groups is 3. The molecule has 8 heteroatoms. The zero-order valence-corrected chi connectivity index (χ0v) is 14.1. The first-order valence-electron chi connectivity index (χ1n) is 8.40. The minimum Gasteiger partial charge on any atom is -0.507 e. The van der Waals surface area contributed by atoms with Crippen molar-refractivity contribution in [3.63, 3.8) is 0 Å². The third-order valence-electron chi connectivity index (χ3n) is 5.17. The van der Waals surface area contributed by atoms with Crippen molar-refractivity contribution in [1.82, 2.24) is 0 Å². The molecular weight excluding hydrogens is 344 g/mol. The van der Waals surface area contributed by atoms with Gasteiger partial charge in [0.25, 0.3) is 0 Å². The van der Waals surface area contributed by atoms with E-state index in [0.29, 0.717) is 6.42 Å². The number of carbonyl (C=O) groups excluding carboxylic acids is 2. The fourth-order valence-corrected chi connectivity index (χ4v) is 3.97. The molecule has 2 aliphatic rings. The highest BCUT2D eigenvalue weighted by Gasteiger charge is 2.70. The topological polar surface area (TPSA) is 141 Å². The molecule has 1 saturated heterocycles.